The van der Waals surface area contributed by atoms with Gasteiger partial charge in [-0.1, -0.05) is 52.0 Å². The monoisotopic (exact) mass is 328 g/mol. The van der Waals surface area contributed by atoms with E-state index in [0.717, 1.165) is 23.6 Å². The molecule has 0 N–H and O–H groups in total. The maximum absolute atomic E-state index is 12.1. The normalized spacial score (nSPS) is 13.3. The third kappa shape index (κ3) is 3.94. The van der Waals surface area contributed by atoms with Crippen molar-refractivity contribution in [2.24, 2.45) is 11.8 Å². The van der Waals surface area contributed by atoms with Crippen molar-refractivity contribution in [2.45, 2.75) is 40.5 Å². The van der Waals surface area contributed by atoms with E-state index in [1.807, 2.05) is 52.0 Å². The fraction of sp³-hybridized carbons (Fsp3) is 0.400. The number of benzene rings is 2. The molecule has 128 valence electrons. The molecule has 0 aliphatic carbocycles. The van der Waals surface area contributed by atoms with Crippen molar-refractivity contribution in [3.63, 3.8) is 0 Å². The highest BCUT2D eigenvalue weighted by Crippen LogP contribution is 2.34. The van der Waals surface area contributed by atoms with Gasteiger partial charge in [0.15, 0.2) is 0 Å². The third-order valence-corrected chi connectivity index (χ3v) is 4.29. The number of carbonyl (C=O) groups is 2. The minimum atomic E-state index is -0.257. The zero-order valence-corrected chi connectivity index (χ0v) is 14.7. The smallest absolute Gasteiger partial charge is 0.314 e. The second-order valence-corrected chi connectivity index (χ2v) is 6.07. The lowest BCUT2D eigenvalue weighted by Gasteiger charge is -2.14. The Morgan fingerprint density at radius 1 is 0.792 bits per heavy atom. The van der Waals surface area contributed by atoms with Gasteiger partial charge in [-0.15, -0.1) is 0 Å². The van der Waals surface area contributed by atoms with Crippen LogP contribution in [0.2, 0.25) is 0 Å². The van der Waals surface area contributed by atoms with Crippen LogP contribution in [-0.4, -0.2) is 11.9 Å². The third-order valence-electron chi connectivity index (χ3n) is 4.29. The molecule has 0 saturated carbocycles. The number of esters is 2. The van der Waals surface area contributed by atoms with Gasteiger partial charge in [-0.3, -0.25) is 9.59 Å². The lowest BCUT2D eigenvalue weighted by atomic mass is 10.1. The molecule has 0 aliphatic rings. The Balaban J connectivity index is 2.36. The van der Waals surface area contributed by atoms with E-state index >= 15 is 0 Å². The second-order valence-electron chi connectivity index (χ2n) is 6.07. The Hall–Kier alpha value is -2.36. The van der Waals surface area contributed by atoms with Gasteiger partial charge in [-0.2, -0.15) is 0 Å². The quantitative estimate of drug-likeness (QED) is 0.567. The van der Waals surface area contributed by atoms with E-state index in [4.69, 9.17) is 9.47 Å². The molecule has 0 bridgehead atoms. The highest BCUT2D eigenvalue weighted by atomic mass is 16.5. The lowest BCUT2D eigenvalue weighted by Crippen LogP contribution is -2.18. The number of hydrogen-bond donors (Lipinski definition) is 0. The van der Waals surface area contributed by atoms with Crippen molar-refractivity contribution in [3.8, 4) is 11.5 Å². The molecule has 2 aromatic rings. The molecule has 0 aromatic heterocycles. The molecule has 2 unspecified atom stereocenters. The van der Waals surface area contributed by atoms with Gasteiger partial charge in [-0.05, 0) is 25.0 Å². The molecular weight excluding hydrogens is 304 g/mol. The van der Waals surface area contributed by atoms with Crippen LogP contribution < -0.4 is 9.47 Å². The molecule has 0 spiro atoms. The number of hydrogen-bond acceptors (Lipinski definition) is 4. The number of fused-ring (bicyclic) bond motifs is 1. The van der Waals surface area contributed by atoms with E-state index in [-0.39, 0.29) is 23.8 Å². The first-order valence-corrected chi connectivity index (χ1v) is 8.43. The van der Waals surface area contributed by atoms with Gasteiger partial charge in [0.2, 0.25) is 0 Å². The fourth-order valence-corrected chi connectivity index (χ4v) is 2.17. The highest BCUT2D eigenvalue weighted by molar-refractivity contribution is 5.96. The molecule has 4 heteroatoms. The summed E-state index contributed by atoms with van der Waals surface area (Å²) < 4.78 is 11.1. The molecule has 2 aromatic carbocycles. The molecule has 2 rings (SSSR count). The second kappa shape index (κ2) is 7.95. The molecule has 0 radical (unpaired) electrons. The van der Waals surface area contributed by atoms with Crippen LogP contribution in [0.1, 0.15) is 40.5 Å². The fourth-order valence-electron chi connectivity index (χ4n) is 2.17. The Morgan fingerprint density at radius 3 is 1.50 bits per heavy atom. The molecule has 0 saturated heterocycles. The average Bonchev–Trinajstić information content (AvgIpc) is 2.61. The molecule has 24 heavy (non-hydrogen) atoms. The van der Waals surface area contributed by atoms with Gasteiger partial charge >= 0.3 is 11.9 Å². The average molecular weight is 328 g/mol. The van der Waals surface area contributed by atoms with Crippen molar-refractivity contribution in [1.82, 2.24) is 0 Å². The Morgan fingerprint density at radius 2 is 1.17 bits per heavy atom. The zero-order chi connectivity index (χ0) is 17.7. The van der Waals surface area contributed by atoms with Crippen LogP contribution in [0.15, 0.2) is 36.4 Å². The summed E-state index contributed by atoms with van der Waals surface area (Å²) in [5.74, 6) is 0.135. The molecule has 0 heterocycles. The highest BCUT2D eigenvalue weighted by Gasteiger charge is 2.18. The maximum Gasteiger partial charge on any atom is 0.314 e. The predicted octanol–water partition coefficient (Wildman–Crippen LogP) is 4.74. The summed E-state index contributed by atoms with van der Waals surface area (Å²) in [6.07, 6.45) is 1.45. The van der Waals surface area contributed by atoms with Crippen LogP contribution in [0.25, 0.3) is 10.8 Å². The zero-order valence-electron chi connectivity index (χ0n) is 14.7. The van der Waals surface area contributed by atoms with Crippen LogP contribution in [0, 0.1) is 11.8 Å². The van der Waals surface area contributed by atoms with Gasteiger partial charge in [0.25, 0.3) is 0 Å². The van der Waals surface area contributed by atoms with E-state index in [1.165, 1.54) is 0 Å². The van der Waals surface area contributed by atoms with Crippen molar-refractivity contribution in [3.05, 3.63) is 36.4 Å². The van der Waals surface area contributed by atoms with E-state index in [2.05, 4.69) is 0 Å². The van der Waals surface area contributed by atoms with Gasteiger partial charge in [0.05, 0.1) is 11.8 Å². The van der Waals surface area contributed by atoms with Crippen LogP contribution in [-0.2, 0) is 9.59 Å². The number of rotatable bonds is 6. The van der Waals surface area contributed by atoms with E-state index < -0.39 is 0 Å². The lowest BCUT2D eigenvalue weighted by molar-refractivity contribution is -0.139. The van der Waals surface area contributed by atoms with Gasteiger partial charge in [-0.25, -0.2) is 0 Å². The van der Waals surface area contributed by atoms with Crippen molar-refractivity contribution in [1.29, 1.82) is 0 Å². The van der Waals surface area contributed by atoms with Gasteiger partial charge < -0.3 is 9.47 Å². The molecule has 0 amide bonds. The summed E-state index contributed by atoms with van der Waals surface area (Å²) in [4.78, 5) is 24.1. The van der Waals surface area contributed by atoms with E-state index in [9.17, 15) is 9.59 Å². The summed E-state index contributed by atoms with van der Waals surface area (Å²) >= 11 is 0. The predicted molar refractivity (Wildman–Crippen MR) is 94.1 cm³/mol. The molecule has 4 nitrogen and oxygen atoms in total. The summed E-state index contributed by atoms with van der Waals surface area (Å²) in [7, 11) is 0. The van der Waals surface area contributed by atoms with E-state index in [0.29, 0.717) is 11.5 Å². The van der Waals surface area contributed by atoms with Crippen molar-refractivity contribution in [2.75, 3.05) is 0 Å². The summed E-state index contributed by atoms with van der Waals surface area (Å²) in [6.45, 7) is 7.57. The number of ether oxygens (including phenoxy) is 2. The maximum atomic E-state index is 12.1. The van der Waals surface area contributed by atoms with Crippen LogP contribution >= 0.6 is 0 Å². The van der Waals surface area contributed by atoms with E-state index in [1.54, 1.807) is 12.1 Å². The standard InChI is InChI=1S/C20H24O4/c1-5-13(3)19(21)23-17-11-12-18(24-20(22)14(4)6-2)16-10-8-7-9-15(16)17/h7-14H,5-6H2,1-4H3. The minimum Gasteiger partial charge on any atom is -0.426 e. The van der Waals surface area contributed by atoms with Crippen LogP contribution in [0.4, 0.5) is 0 Å². The molecule has 2 atom stereocenters. The largest absolute Gasteiger partial charge is 0.426 e. The minimum absolute atomic E-state index is 0.160. The van der Waals surface area contributed by atoms with Crippen LogP contribution in [0.5, 0.6) is 11.5 Å². The Kier molecular flexibility index (Phi) is 5.96. The van der Waals surface area contributed by atoms with Gasteiger partial charge in [0, 0.05) is 10.8 Å². The van der Waals surface area contributed by atoms with Crippen LogP contribution in [0.3, 0.4) is 0 Å². The summed E-state index contributed by atoms with van der Waals surface area (Å²) in [5, 5.41) is 1.51. The Bertz CT molecular complexity index is 673. The van der Waals surface area contributed by atoms with Crippen molar-refractivity contribution < 1.29 is 19.1 Å². The van der Waals surface area contributed by atoms with Gasteiger partial charge in [0.1, 0.15) is 11.5 Å². The molecular formula is C20H24O4. The topological polar surface area (TPSA) is 52.6 Å². The number of carbonyl (C=O) groups excluding carboxylic acids is 2. The molecule has 0 aliphatic heterocycles. The summed E-state index contributed by atoms with van der Waals surface area (Å²) in [5.41, 5.74) is 0. The van der Waals surface area contributed by atoms with Crippen molar-refractivity contribution >= 4 is 22.7 Å². The first-order chi connectivity index (χ1) is 11.5. The SMILES string of the molecule is CCC(C)C(=O)Oc1ccc(OC(=O)C(C)CC)c2ccccc12. The summed E-state index contributed by atoms with van der Waals surface area (Å²) in [6, 6.07) is 10.8. The first-order valence-electron chi connectivity index (χ1n) is 8.43. The molecule has 0 fully saturated rings. The Labute approximate surface area is 142 Å². The first kappa shape index (κ1) is 18.0.